The minimum Gasteiger partial charge on any atom is -0.311 e. The Bertz CT molecular complexity index is 2030. The van der Waals surface area contributed by atoms with E-state index in [0.29, 0.717) is 5.62 Å². The Morgan fingerprint density at radius 2 is 1.61 bits per heavy atom. The Hall–Kier alpha value is -5.27. The number of hydrogen-bond acceptors (Lipinski definition) is 5. The first kappa shape index (κ1) is 23.1. The quantitative estimate of drug-likeness (QED) is 0.286. The molecule has 0 aliphatic heterocycles. The molecule has 0 saturated heterocycles. The highest BCUT2D eigenvalue weighted by Gasteiger charge is 2.21. The fourth-order valence-corrected chi connectivity index (χ4v) is 4.92. The number of rotatable bonds is 3. The van der Waals surface area contributed by atoms with Crippen LogP contribution in [0.3, 0.4) is 0 Å². The van der Waals surface area contributed by atoms with Crippen LogP contribution in [0, 0.1) is 22.8 Å². The molecule has 0 aliphatic rings. The molecule has 0 spiro atoms. The third-order valence-electron chi connectivity index (χ3n) is 7.11. The Kier molecular flexibility index (Phi) is 5.29. The van der Waals surface area contributed by atoms with Gasteiger partial charge in [0.25, 0.3) is 0 Å². The highest BCUT2D eigenvalue weighted by atomic mass is 15.2. The van der Waals surface area contributed by atoms with Gasteiger partial charge in [-0.3, -0.25) is 14.5 Å². The molecule has 3 aromatic heterocycles. The largest absolute Gasteiger partial charge is 0.311 e. The van der Waals surface area contributed by atoms with Crippen LogP contribution in [0.5, 0.6) is 0 Å². The lowest BCUT2D eigenvalue weighted by Crippen LogP contribution is -2.23. The number of benzene rings is 3. The lowest BCUT2D eigenvalue weighted by atomic mass is 9.86. The van der Waals surface area contributed by atoms with Gasteiger partial charge in [-0.2, -0.15) is 10.5 Å². The van der Waals surface area contributed by atoms with E-state index in [1.807, 2.05) is 97.1 Å². The monoisotopic (exact) mass is 493 g/mol. The third-order valence-corrected chi connectivity index (χ3v) is 7.11. The van der Waals surface area contributed by atoms with E-state index >= 15 is 0 Å². The number of fused-ring (bicyclic) bond motifs is 4. The summed E-state index contributed by atoms with van der Waals surface area (Å²) in [7, 11) is 1.88. The van der Waals surface area contributed by atoms with Gasteiger partial charge in [0.05, 0.1) is 39.7 Å². The molecular weight excluding hydrogens is 470 g/mol. The van der Waals surface area contributed by atoms with Gasteiger partial charge in [-0.1, -0.05) is 36.4 Å². The van der Waals surface area contributed by atoms with Crippen molar-refractivity contribution in [3.8, 4) is 29.1 Å². The average Bonchev–Trinajstić information content (AvgIpc) is 3.24. The van der Waals surface area contributed by atoms with Crippen molar-refractivity contribution in [2.45, 2.75) is 19.3 Å². The molecule has 0 bridgehead atoms. The molecule has 0 fully saturated rings. The zero-order chi connectivity index (χ0) is 26.4. The molecule has 182 valence electrons. The van der Waals surface area contributed by atoms with Gasteiger partial charge >= 0.3 is 0 Å². The zero-order valence-corrected chi connectivity index (χ0v) is 21.2. The van der Waals surface area contributed by atoms with Crippen LogP contribution in [0.1, 0.15) is 19.4 Å². The summed E-state index contributed by atoms with van der Waals surface area (Å²) in [5.41, 5.74) is 7.20. The molecule has 0 unspecified atom stereocenters. The molecule has 3 heterocycles. The standard InChI is InChI=1S/C31H23N7/c1-31(2,18-32)23-9-11-24(12-10-23)38-29-25-15-20(22-14-21-6-4-5-7-26(21)34-16-22)8-13-27(25)35-17-28(29)37(3)30(38)36-19-33/h4-17H,1-3H3/b36-30-. The van der Waals surface area contributed by atoms with Crippen molar-refractivity contribution >= 4 is 32.8 Å². The molecule has 0 radical (unpaired) electrons. The first-order chi connectivity index (χ1) is 18.4. The van der Waals surface area contributed by atoms with Crippen molar-refractivity contribution in [1.82, 2.24) is 19.1 Å². The predicted molar refractivity (Wildman–Crippen MR) is 148 cm³/mol. The smallest absolute Gasteiger partial charge is 0.226 e. The topological polar surface area (TPSA) is 95.6 Å². The number of nitriles is 2. The number of imidazole rings is 1. The summed E-state index contributed by atoms with van der Waals surface area (Å²) in [6.07, 6.45) is 5.66. The molecule has 7 nitrogen and oxygen atoms in total. The van der Waals surface area contributed by atoms with Crippen LogP contribution >= 0.6 is 0 Å². The van der Waals surface area contributed by atoms with Crippen molar-refractivity contribution in [2.24, 2.45) is 12.0 Å². The second-order valence-electron chi connectivity index (χ2n) is 9.83. The second kappa shape index (κ2) is 8.69. The first-order valence-electron chi connectivity index (χ1n) is 12.2. The van der Waals surface area contributed by atoms with E-state index in [-0.39, 0.29) is 0 Å². The van der Waals surface area contributed by atoms with E-state index in [0.717, 1.165) is 55.2 Å². The average molecular weight is 494 g/mol. The van der Waals surface area contributed by atoms with Crippen LogP contribution in [0.4, 0.5) is 0 Å². The SMILES string of the molecule is Cn1/c(=N/C#N)n(-c2ccc(C(C)(C)C#N)cc2)c2c3cc(-c4cnc5ccccc5c4)ccc3ncc21. The van der Waals surface area contributed by atoms with E-state index < -0.39 is 5.41 Å². The van der Waals surface area contributed by atoms with Gasteiger partial charge in [-0.05, 0) is 61.4 Å². The van der Waals surface area contributed by atoms with Crippen LogP contribution in [0.2, 0.25) is 0 Å². The number of pyridine rings is 2. The van der Waals surface area contributed by atoms with Gasteiger partial charge < -0.3 is 4.57 Å². The lowest BCUT2D eigenvalue weighted by molar-refractivity contribution is 0.686. The summed E-state index contributed by atoms with van der Waals surface area (Å²) in [6, 6.07) is 26.6. The first-order valence-corrected chi connectivity index (χ1v) is 12.2. The van der Waals surface area contributed by atoms with E-state index in [4.69, 9.17) is 4.98 Å². The van der Waals surface area contributed by atoms with Gasteiger partial charge in [-0.25, -0.2) is 0 Å². The van der Waals surface area contributed by atoms with Crippen LogP contribution in [0.15, 0.2) is 90.2 Å². The molecule has 6 rings (SSSR count). The minimum absolute atomic E-state index is 0.488. The summed E-state index contributed by atoms with van der Waals surface area (Å²) in [5, 5.41) is 21.1. The normalized spacial score (nSPS) is 12.2. The number of para-hydroxylation sites is 1. The number of aryl methyl sites for hydroxylation is 1. The van der Waals surface area contributed by atoms with Crippen LogP contribution in [0.25, 0.3) is 49.7 Å². The Morgan fingerprint density at radius 1 is 0.842 bits per heavy atom. The van der Waals surface area contributed by atoms with Gasteiger partial charge in [0.1, 0.15) is 0 Å². The lowest BCUT2D eigenvalue weighted by Gasteiger charge is -2.16. The predicted octanol–water partition coefficient (Wildman–Crippen LogP) is 5.92. The minimum atomic E-state index is -0.610. The number of hydrogen-bond donors (Lipinski definition) is 0. The molecule has 0 amide bonds. The van der Waals surface area contributed by atoms with Crippen LogP contribution < -0.4 is 5.62 Å². The molecule has 3 aromatic carbocycles. The van der Waals surface area contributed by atoms with Crippen LogP contribution in [-0.4, -0.2) is 19.1 Å². The number of aromatic nitrogens is 4. The van der Waals surface area contributed by atoms with E-state index in [1.54, 1.807) is 0 Å². The maximum absolute atomic E-state index is 9.57. The van der Waals surface area contributed by atoms with Gasteiger partial charge in [0, 0.05) is 35.3 Å². The molecule has 6 aromatic rings. The highest BCUT2D eigenvalue weighted by Crippen LogP contribution is 2.31. The van der Waals surface area contributed by atoms with Crippen molar-refractivity contribution in [3.63, 3.8) is 0 Å². The third kappa shape index (κ3) is 3.61. The Morgan fingerprint density at radius 3 is 2.37 bits per heavy atom. The molecule has 0 saturated carbocycles. The molecular formula is C31H23N7. The Labute approximate surface area is 219 Å². The summed E-state index contributed by atoms with van der Waals surface area (Å²) >= 11 is 0. The fraction of sp³-hybridized carbons (Fsp3) is 0.129. The summed E-state index contributed by atoms with van der Waals surface area (Å²) in [4.78, 5) is 13.5. The maximum atomic E-state index is 9.57. The summed E-state index contributed by atoms with van der Waals surface area (Å²) in [5.74, 6) is 0. The van der Waals surface area contributed by atoms with Crippen molar-refractivity contribution in [3.05, 3.63) is 96.4 Å². The van der Waals surface area contributed by atoms with Gasteiger partial charge in [0.2, 0.25) is 11.8 Å². The summed E-state index contributed by atoms with van der Waals surface area (Å²) < 4.78 is 3.86. The molecule has 0 atom stereocenters. The van der Waals surface area contributed by atoms with E-state index in [9.17, 15) is 10.5 Å². The molecule has 38 heavy (non-hydrogen) atoms. The summed E-state index contributed by atoms with van der Waals surface area (Å²) in [6.45, 7) is 3.79. The van der Waals surface area contributed by atoms with Crippen molar-refractivity contribution < 1.29 is 0 Å². The maximum Gasteiger partial charge on any atom is 0.226 e. The van der Waals surface area contributed by atoms with Crippen molar-refractivity contribution in [1.29, 1.82) is 10.5 Å². The fourth-order valence-electron chi connectivity index (χ4n) is 4.92. The Balaban J connectivity index is 1.64. The number of nitrogens with zero attached hydrogens (tertiary/aromatic N) is 7. The highest BCUT2D eigenvalue weighted by molar-refractivity contribution is 6.04. The van der Waals surface area contributed by atoms with E-state index in [1.165, 1.54) is 0 Å². The second-order valence-corrected chi connectivity index (χ2v) is 9.83. The van der Waals surface area contributed by atoms with Crippen molar-refractivity contribution in [2.75, 3.05) is 0 Å². The molecule has 0 N–H and O–H groups in total. The van der Waals surface area contributed by atoms with E-state index in [2.05, 4.69) is 40.3 Å². The van der Waals surface area contributed by atoms with Gasteiger partial charge in [-0.15, -0.1) is 4.99 Å². The van der Waals surface area contributed by atoms with Crippen LogP contribution in [-0.2, 0) is 12.5 Å². The molecule has 0 aliphatic carbocycles. The molecule has 7 heteroatoms. The van der Waals surface area contributed by atoms with Gasteiger partial charge in [0.15, 0.2) is 0 Å². The zero-order valence-electron chi connectivity index (χ0n) is 21.2.